The fraction of sp³-hybridized carbons (Fsp3) is 0.286. The van der Waals surface area contributed by atoms with Crippen LogP contribution < -0.4 is 5.73 Å². The van der Waals surface area contributed by atoms with E-state index in [-0.39, 0.29) is 6.04 Å². The van der Waals surface area contributed by atoms with E-state index in [1.165, 1.54) is 27.2 Å². The lowest BCUT2D eigenvalue weighted by Gasteiger charge is -2.09. The highest BCUT2D eigenvalue weighted by Crippen LogP contribution is 2.30. The average Bonchev–Trinajstić information content (AvgIpc) is 3.05. The van der Waals surface area contributed by atoms with E-state index in [2.05, 4.69) is 46.2 Å². The summed E-state index contributed by atoms with van der Waals surface area (Å²) in [5.41, 5.74) is 8.69. The molecule has 0 saturated heterocycles. The number of nitrogens with two attached hydrogens (primary N) is 1. The standard InChI is InChI=1S/C14H15N3S2/c1-2-12-14(19-17-16-12)11(15)7-9-8-18-13-6-4-3-5-10(9)13/h3-6,8,11H,2,7,15H2,1H3. The van der Waals surface area contributed by atoms with Crippen LogP contribution in [0.3, 0.4) is 0 Å². The summed E-state index contributed by atoms with van der Waals surface area (Å²) in [5.74, 6) is 0. The molecule has 3 rings (SSSR count). The van der Waals surface area contributed by atoms with Crippen LogP contribution in [-0.2, 0) is 12.8 Å². The maximum atomic E-state index is 6.33. The van der Waals surface area contributed by atoms with Crippen LogP contribution in [0.15, 0.2) is 29.6 Å². The van der Waals surface area contributed by atoms with E-state index in [0.717, 1.165) is 23.4 Å². The fourth-order valence-corrected chi connectivity index (χ4v) is 3.98. The summed E-state index contributed by atoms with van der Waals surface area (Å²) in [6.07, 6.45) is 1.74. The van der Waals surface area contributed by atoms with Crippen LogP contribution >= 0.6 is 22.9 Å². The van der Waals surface area contributed by atoms with Gasteiger partial charge in [0.1, 0.15) is 0 Å². The van der Waals surface area contributed by atoms with Crippen molar-refractivity contribution in [3.05, 3.63) is 45.8 Å². The zero-order chi connectivity index (χ0) is 13.2. The second-order valence-electron chi connectivity index (χ2n) is 4.51. The second-order valence-corrected chi connectivity index (χ2v) is 6.20. The van der Waals surface area contributed by atoms with Crippen LogP contribution in [0.25, 0.3) is 10.1 Å². The van der Waals surface area contributed by atoms with E-state index in [1.54, 1.807) is 11.3 Å². The third-order valence-corrected chi connectivity index (χ3v) is 5.17. The number of benzene rings is 1. The smallest absolute Gasteiger partial charge is 0.0801 e. The third-order valence-electron chi connectivity index (χ3n) is 3.26. The Balaban J connectivity index is 1.89. The van der Waals surface area contributed by atoms with Gasteiger partial charge < -0.3 is 5.73 Å². The van der Waals surface area contributed by atoms with Crippen LogP contribution in [0.4, 0.5) is 0 Å². The van der Waals surface area contributed by atoms with E-state index in [4.69, 9.17) is 5.73 Å². The minimum atomic E-state index is -0.00652. The van der Waals surface area contributed by atoms with Gasteiger partial charge in [0, 0.05) is 10.7 Å². The fourth-order valence-electron chi connectivity index (χ4n) is 2.26. The maximum Gasteiger partial charge on any atom is 0.0801 e. The summed E-state index contributed by atoms with van der Waals surface area (Å²) in [7, 11) is 0. The molecule has 1 atom stereocenters. The molecular weight excluding hydrogens is 274 g/mol. The molecule has 2 heterocycles. The van der Waals surface area contributed by atoms with Crippen molar-refractivity contribution in [2.75, 3.05) is 0 Å². The Bertz CT molecular complexity index is 687. The molecule has 2 aromatic heterocycles. The van der Waals surface area contributed by atoms with E-state index in [9.17, 15) is 0 Å². The molecule has 3 aromatic rings. The number of hydrogen-bond acceptors (Lipinski definition) is 5. The molecule has 0 bridgehead atoms. The molecule has 0 fully saturated rings. The highest BCUT2D eigenvalue weighted by atomic mass is 32.1. The van der Waals surface area contributed by atoms with E-state index in [0.29, 0.717) is 0 Å². The number of aryl methyl sites for hydroxylation is 1. The van der Waals surface area contributed by atoms with Gasteiger partial charge in [-0.15, -0.1) is 16.4 Å². The van der Waals surface area contributed by atoms with E-state index >= 15 is 0 Å². The quantitative estimate of drug-likeness (QED) is 0.799. The molecule has 1 aromatic carbocycles. The molecule has 0 aliphatic heterocycles. The van der Waals surface area contributed by atoms with Gasteiger partial charge in [0.05, 0.1) is 10.6 Å². The van der Waals surface area contributed by atoms with E-state index < -0.39 is 0 Å². The van der Waals surface area contributed by atoms with Gasteiger partial charge in [0.15, 0.2) is 0 Å². The first-order valence-corrected chi connectivity index (χ1v) is 7.96. The van der Waals surface area contributed by atoms with Crippen molar-refractivity contribution >= 4 is 33.0 Å². The number of fused-ring (bicyclic) bond motifs is 1. The summed E-state index contributed by atoms with van der Waals surface area (Å²) in [6, 6.07) is 8.47. The monoisotopic (exact) mass is 289 g/mol. The van der Waals surface area contributed by atoms with Crippen molar-refractivity contribution in [1.82, 2.24) is 9.59 Å². The van der Waals surface area contributed by atoms with Crippen molar-refractivity contribution in [3.63, 3.8) is 0 Å². The van der Waals surface area contributed by atoms with Crippen molar-refractivity contribution in [2.24, 2.45) is 5.73 Å². The van der Waals surface area contributed by atoms with Crippen LogP contribution in [0.5, 0.6) is 0 Å². The minimum Gasteiger partial charge on any atom is -0.323 e. The van der Waals surface area contributed by atoms with Crippen molar-refractivity contribution < 1.29 is 0 Å². The zero-order valence-electron chi connectivity index (χ0n) is 10.7. The van der Waals surface area contributed by atoms with Crippen LogP contribution in [-0.4, -0.2) is 9.59 Å². The molecule has 5 heteroatoms. The van der Waals surface area contributed by atoms with E-state index in [1.807, 2.05) is 0 Å². The Morgan fingerprint density at radius 3 is 3.00 bits per heavy atom. The summed E-state index contributed by atoms with van der Waals surface area (Å²) in [4.78, 5) is 1.12. The Kier molecular flexibility index (Phi) is 3.59. The lowest BCUT2D eigenvalue weighted by molar-refractivity contribution is 0.726. The van der Waals surface area contributed by atoms with Crippen molar-refractivity contribution in [3.8, 4) is 0 Å². The van der Waals surface area contributed by atoms with Gasteiger partial charge in [-0.3, -0.25) is 0 Å². The largest absolute Gasteiger partial charge is 0.323 e. The first kappa shape index (κ1) is 12.7. The summed E-state index contributed by atoms with van der Waals surface area (Å²) in [5, 5.41) is 7.67. The Morgan fingerprint density at radius 1 is 1.32 bits per heavy atom. The van der Waals surface area contributed by atoms with Gasteiger partial charge in [-0.2, -0.15) is 0 Å². The van der Waals surface area contributed by atoms with Gasteiger partial charge in [-0.25, -0.2) is 0 Å². The molecule has 2 N–H and O–H groups in total. The highest BCUT2D eigenvalue weighted by Gasteiger charge is 2.16. The molecule has 0 saturated carbocycles. The minimum absolute atomic E-state index is 0.00652. The molecule has 0 amide bonds. The molecule has 0 aliphatic carbocycles. The Hall–Kier alpha value is -1.30. The lowest BCUT2D eigenvalue weighted by Crippen LogP contribution is -2.13. The van der Waals surface area contributed by atoms with Crippen LogP contribution in [0.2, 0.25) is 0 Å². The van der Waals surface area contributed by atoms with Crippen LogP contribution in [0.1, 0.15) is 29.1 Å². The first-order chi connectivity index (χ1) is 9.29. The summed E-state index contributed by atoms with van der Waals surface area (Å²) < 4.78 is 5.34. The van der Waals surface area contributed by atoms with Gasteiger partial charge in [-0.05, 0) is 46.8 Å². The van der Waals surface area contributed by atoms with Gasteiger partial charge in [-0.1, -0.05) is 29.6 Å². The highest BCUT2D eigenvalue weighted by molar-refractivity contribution is 7.17. The van der Waals surface area contributed by atoms with Gasteiger partial charge in [0.25, 0.3) is 0 Å². The summed E-state index contributed by atoms with van der Waals surface area (Å²) >= 11 is 3.21. The zero-order valence-corrected chi connectivity index (χ0v) is 12.3. The number of rotatable bonds is 4. The average molecular weight is 289 g/mol. The van der Waals surface area contributed by atoms with Crippen molar-refractivity contribution in [2.45, 2.75) is 25.8 Å². The SMILES string of the molecule is CCc1nnsc1C(N)Cc1csc2ccccc12. The van der Waals surface area contributed by atoms with Gasteiger partial charge in [0.2, 0.25) is 0 Å². The third kappa shape index (κ3) is 2.41. The predicted molar refractivity (Wildman–Crippen MR) is 81.7 cm³/mol. The lowest BCUT2D eigenvalue weighted by atomic mass is 10.0. The molecule has 19 heavy (non-hydrogen) atoms. The topological polar surface area (TPSA) is 51.8 Å². The second kappa shape index (κ2) is 5.36. The first-order valence-electron chi connectivity index (χ1n) is 6.31. The summed E-state index contributed by atoms with van der Waals surface area (Å²) in [6.45, 7) is 2.09. The van der Waals surface area contributed by atoms with Crippen LogP contribution in [0, 0.1) is 0 Å². The Morgan fingerprint density at radius 2 is 2.16 bits per heavy atom. The number of hydrogen-bond donors (Lipinski definition) is 1. The molecular formula is C14H15N3S2. The number of aromatic nitrogens is 2. The molecule has 0 radical (unpaired) electrons. The molecule has 0 spiro atoms. The maximum absolute atomic E-state index is 6.33. The molecule has 1 unspecified atom stereocenters. The van der Waals surface area contributed by atoms with Gasteiger partial charge >= 0.3 is 0 Å². The number of nitrogens with zero attached hydrogens (tertiary/aromatic N) is 2. The number of thiophene rings is 1. The predicted octanol–water partition coefficient (Wildman–Crippen LogP) is 3.56. The molecule has 3 nitrogen and oxygen atoms in total. The molecule has 0 aliphatic rings. The van der Waals surface area contributed by atoms with Crippen molar-refractivity contribution in [1.29, 1.82) is 0 Å². The molecule has 98 valence electrons. The normalized spacial score (nSPS) is 12.9. The Labute approximate surface area is 120 Å².